The molecule has 114 valence electrons. The van der Waals surface area contributed by atoms with Gasteiger partial charge >= 0.3 is 0 Å². The number of carbonyl (C=O) groups excluding carboxylic acids is 1. The third-order valence-corrected chi connectivity index (χ3v) is 3.17. The van der Waals surface area contributed by atoms with E-state index in [4.69, 9.17) is 4.74 Å². The van der Waals surface area contributed by atoms with Gasteiger partial charge < -0.3 is 15.4 Å². The molecule has 1 atom stereocenters. The molecule has 4 nitrogen and oxygen atoms in total. The van der Waals surface area contributed by atoms with Gasteiger partial charge in [0.05, 0.1) is 13.2 Å². The molecule has 0 aliphatic heterocycles. The van der Waals surface area contributed by atoms with Crippen LogP contribution in [0, 0.1) is 5.41 Å². The number of hydrogen-bond acceptors (Lipinski definition) is 3. The Morgan fingerprint density at radius 2 is 2.00 bits per heavy atom. The highest BCUT2D eigenvalue weighted by molar-refractivity contribution is 5.78. The molecule has 1 unspecified atom stereocenters. The van der Waals surface area contributed by atoms with E-state index in [1.54, 1.807) is 7.11 Å². The van der Waals surface area contributed by atoms with Gasteiger partial charge in [0.1, 0.15) is 0 Å². The van der Waals surface area contributed by atoms with Crippen molar-refractivity contribution in [1.82, 2.24) is 10.6 Å². The highest BCUT2D eigenvalue weighted by Crippen LogP contribution is 2.22. The van der Waals surface area contributed by atoms with E-state index in [1.165, 1.54) is 25.7 Å². The van der Waals surface area contributed by atoms with Crippen LogP contribution in [0.3, 0.4) is 0 Å². The van der Waals surface area contributed by atoms with Gasteiger partial charge in [-0.25, -0.2) is 0 Å². The lowest BCUT2D eigenvalue weighted by atomic mass is 9.87. The summed E-state index contributed by atoms with van der Waals surface area (Å²) in [6.45, 7) is 10.5. The highest BCUT2D eigenvalue weighted by atomic mass is 16.5. The standard InChI is InChI=1S/C15H32N2O2/c1-6-7-8-9-15(3,4)12-16-10-14(18)17-13(2)11-19-5/h13,16H,6-12H2,1-5H3,(H,17,18). The van der Waals surface area contributed by atoms with E-state index in [0.717, 1.165) is 6.54 Å². The minimum atomic E-state index is 0.0360. The van der Waals surface area contributed by atoms with Crippen molar-refractivity contribution >= 4 is 5.91 Å². The van der Waals surface area contributed by atoms with Gasteiger partial charge in [0.25, 0.3) is 0 Å². The molecule has 0 aliphatic carbocycles. The van der Waals surface area contributed by atoms with E-state index >= 15 is 0 Å². The van der Waals surface area contributed by atoms with E-state index in [9.17, 15) is 4.79 Å². The second kappa shape index (κ2) is 10.2. The van der Waals surface area contributed by atoms with Gasteiger partial charge in [-0.15, -0.1) is 0 Å². The first-order valence-electron chi connectivity index (χ1n) is 7.40. The summed E-state index contributed by atoms with van der Waals surface area (Å²) in [4.78, 5) is 11.6. The van der Waals surface area contributed by atoms with E-state index in [2.05, 4.69) is 31.4 Å². The minimum Gasteiger partial charge on any atom is -0.383 e. The van der Waals surface area contributed by atoms with Crippen LogP contribution in [-0.4, -0.2) is 38.8 Å². The summed E-state index contributed by atoms with van der Waals surface area (Å²) < 4.78 is 4.98. The maximum Gasteiger partial charge on any atom is 0.234 e. The summed E-state index contributed by atoms with van der Waals surface area (Å²) in [6.07, 6.45) is 5.01. The van der Waals surface area contributed by atoms with E-state index in [-0.39, 0.29) is 17.4 Å². The number of unbranched alkanes of at least 4 members (excludes halogenated alkanes) is 2. The summed E-state index contributed by atoms with van der Waals surface area (Å²) in [5, 5.41) is 6.14. The first-order valence-corrected chi connectivity index (χ1v) is 7.40. The van der Waals surface area contributed by atoms with Crippen LogP contribution in [0.15, 0.2) is 0 Å². The number of ether oxygens (including phenoxy) is 1. The third-order valence-electron chi connectivity index (χ3n) is 3.17. The van der Waals surface area contributed by atoms with Crippen LogP contribution in [0.4, 0.5) is 0 Å². The van der Waals surface area contributed by atoms with Crippen LogP contribution in [-0.2, 0) is 9.53 Å². The van der Waals surface area contributed by atoms with Gasteiger partial charge in [0.2, 0.25) is 5.91 Å². The molecule has 0 aliphatic rings. The second-order valence-electron chi connectivity index (χ2n) is 6.15. The molecule has 19 heavy (non-hydrogen) atoms. The van der Waals surface area contributed by atoms with Crippen LogP contribution < -0.4 is 10.6 Å². The van der Waals surface area contributed by atoms with E-state index in [1.807, 2.05) is 6.92 Å². The molecule has 0 spiro atoms. The quantitative estimate of drug-likeness (QED) is 0.568. The Bertz CT molecular complexity index is 242. The van der Waals surface area contributed by atoms with Crippen molar-refractivity contribution in [3.05, 3.63) is 0 Å². The lowest BCUT2D eigenvalue weighted by Gasteiger charge is -2.25. The molecule has 1 amide bonds. The predicted molar refractivity (Wildman–Crippen MR) is 80.3 cm³/mol. The summed E-state index contributed by atoms with van der Waals surface area (Å²) >= 11 is 0. The summed E-state index contributed by atoms with van der Waals surface area (Å²) in [7, 11) is 1.64. The molecular weight excluding hydrogens is 240 g/mol. The largest absolute Gasteiger partial charge is 0.383 e. The molecular formula is C15H32N2O2. The lowest BCUT2D eigenvalue weighted by Crippen LogP contribution is -2.42. The Morgan fingerprint density at radius 3 is 2.58 bits per heavy atom. The van der Waals surface area contributed by atoms with Gasteiger partial charge in [-0.2, -0.15) is 0 Å². The molecule has 0 heterocycles. The average molecular weight is 272 g/mol. The number of rotatable bonds is 11. The topological polar surface area (TPSA) is 50.4 Å². The fourth-order valence-electron chi connectivity index (χ4n) is 2.07. The minimum absolute atomic E-state index is 0.0360. The number of methoxy groups -OCH3 is 1. The molecule has 0 aromatic heterocycles. The molecule has 2 N–H and O–H groups in total. The zero-order valence-electron chi connectivity index (χ0n) is 13.3. The summed E-state index contributed by atoms with van der Waals surface area (Å²) in [6, 6.07) is 0.0665. The maximum absolute atomic E-state index is 11.6. The number of amides is 1. The Morgan fingerprint density at radius 1 is 1.32 bits per heavy atom. The molecule has 0 saturated heterocycles. The number of carbonyl (C=O) groups is 1. The Kier molecular flexibility index (Phi) is 9.88. The van der Waals surface area contributed by atoms with Gasteiger partial charge in [-0.1, -0.05) is 40.0 Å². The fourth-order valence-corrected chi connectivity index (χ4v) is 2.07. The van der Waals surface area contributed by atoms with Gasteiger partial charge in [0.15, 0.2) is 0 Å². The molecule has 0 aromatic rings. The average Bonchev–Trinajstić information content (AvgIpc) is 2.28. The molecule has 4 heteroatoms. The summed E-state index contributed by atoms with van der Waals surface area (Å²) in [5.41, 5.74) is 0.258. The number of nitrogens with one attached hydrogen (secondary N) is 2. The first kappa shape index (κ1) is 18.4. The van der Waals surface area contributed by atoms with Crippen LogP contribution in [0.2, 0.25) is 0 Å². The molecule has 0 fully saturated rings. The predicted octanol–water partition coefficient (Wildman–Crippen LogP) is 2.33. The van der Waals surface area contributed by atoms with Crippen LogP contribution >= 0.6 is 0 Å². The van der Waals surface area contributed by atoms with Crippen molar-refractivity contribution in [2.45, 2.75) is 59.4 Å². The molecule has 0 rings (SSSR count). The normalized spacial score (nSPS) is 13.3. The van der Waals surface area contributed by atoms with Crippen LogP contribution in [0.1, 0.15) is 53.4 Å². The van der Waals surface area contributed by atoms with Crippen LogP contribution in [0.5, 0.6) is 0 Å². The first-order chi connectivity index (χ1) is 8.91. The van der Waals surface area contributed by atoms with Crippen molar-refractivity contribution in [3.63, 3.8) is 0 Å². The Hall–Kier alpha value is -0.610. The molecule has 0 bridgehead atoms. The van der Waals surface area contributed by atoms with E-state index in [0.29, 0.717) is 13.2 Å². The van der Waals surface area contributed by atoms with Crippen molar-refractivity contribution in [2.24, 2.45) is 5.41 Å². The fraction of sp³-hybridized carbons (Fsp3) is 0.933. The van der Waals surface area contributed by atoms with Gasteiger partial charge in [-0.05, 0) is 18.8 Å². The monoisotopic (exact) mass is 272 g/mol. The van der Waals surface area contributed by atoms with Gasteiger partial charge in [0, 0.05) is 19.7 Å². The van der Waals surface area contributed by atoms with Gasteiger partial charge in [-0.3, -0.25) is 4.79 Å². The molecule has 0 radical (unpaired) electrons. The second-order valence-corrected chi connectivity index (χ2v) is 6.15. The molecule has 0 aromatic carbocycles. The third kappa shape index (κ3) is 11.0. The lowest BCUT2D eigenvalue weighted by molar-refractivity contribution is -0.121. The SMILES string of the molecule is CCCCCC(C)(C)CNCC(=O)NC(C)COC. The van der Waals surface area contributed by atoms with Crippen molar-refractivity contribution in [1.29, 1.82) is 0 Å². The maximum atomic E-state index is 11.6. The number of hydrogen-bond donors (Lipinski definition) is 2. The zero-order valence-corrected chi connectivity index (χ0v) is 13.3. The molecule has 0 saturated carbocycles. The Labute approximate surface area is 118 Å². The summed E-state index contributed by atoms with van der Waals surface area (Å²) in [5.74, 6) is 0.0360. The van der Waals surface area contributed by atoms with Crippen molar-refractivity contribution in [2.75, 3.05) is 26.8 Å². The van der Waals surface area contributed by atoms with Crippen LogP contribution in [0.25, 0.3) is 0 Å². The van der Waals surface area contributed by atoms with E-state index < -0.39 is 0 Å². The van der Waals surface area contributed by atoms with Crippen molar-refractivity contribution < 1.29 is 9.53 Å². The Balaban J connectivity index is 3.73. The smallest absolute Gasteiger partial charge is 0.234 e. The highest BCUT2D eigenvalue weighted by Gasteiger charge is 2.17. The zero-order chi connectivity index (χ0) is 14.7. The van der Waals surface area contributed by atoms with Crippen molar-refractivity contribution in [3.8, 4) is 0 Å².